The van der Waals surface area contributed by atoms with Gasteiger partial charge in [-0.2, -0.15) is 4.99 Å². The van der Waals surface area contributed by atoms with E-state index in [0.29, 0.717) is 6.61 Å². The van der Waals surface area contributed by atoms with Crippen LogP contribution >= 0.6 is 0 Å². The molecular formula is C12H21NO4. The Morgan fingerprint density at radius 1 is 1.41 bits per heavy atom. The molecule has 0 heterocycles. The number of carbonyl (C=O) groups is 1. The highest BCUT2D eigenvalue weighted by atomic mass is 16.5. The molecule has 0 aromatic rings. The van der Waals surface area contributed by atoms with Crippen molar-refractivity contribution in [2.24, 2.45) is 4.99 Å². The van der Waals surface area contributed by atoms with Crippen molar-refractivity contribution in [3.8, 4) is 0 Å². The van der Waals surface area contributed by atoms with Gasteiger partial charge in [0.15, 0.2) is 6.04 Å². The number of ether oxygens (including phenoxy) is 2. The third-order valence-electron chi connectivity index (χ3n) is 1.90. The predicted octanol–water partition coefficient (Wildman–Crippen LogP) is 1.85. The van der Waals surface area contributed by atoms with E-state index in [0.717, 1.165) is 12.8 Å². The van der Waals surface area contributed by atoms with Gasteiger partial charge in [-0.25, -0.2) is 9.59 Å². The summed E-state index contributed by atoms with van der Waals surface area (Å²) in [6.45, 7) is 7.95. The molecule has 0 saturated heterocycles. The Morgan fingerprint density at radius 3 is 2.53 bits per heavy atom. The highest BCUT2D eigenvalue weighted by molar-refractivity contribution is 5.77. The fourth-order valence-electron chi connectivity index (χ4n) is 0.964. The largest absolute Gasteiger partial charge is 0.464 e. The third kappa shape index (κ3) is 8.60. The van der Waals surface area contributed by atoms with Gasteiger partial charge in [-0.3, -0.25) is 0 Å². The van der Waals surface area contributed by atoms with Crippen LogP contribution in [0.15, 0.2) is 4.99 Å². The van der Waals surface area contributed by atoms with Crippen LogP contribution in [0.4, 0.5) is 0 Å². The number of nitrogens with zero attached hydrogens (tertiary/aromatic N) is 1. The van der Waals surface area contributed by atoms with Crippen LogP contribution in [0, 0.1) is 0 Å². The molecule has 0 spiro atoms. The number of rotatable bonds is 7. The zero-order valence-electron chi connectivity index (χ0n) is 11.0. The highest BCUT2D eigenvalue weighted by Crippen LogP contribution is 2.09. The van der Waals surface area contributed by atoms with Crippen LogP contribution in [0.25, 0.3) is 0 Å². The molecule has 5 nitrogen and oxygen atoms in total. The Hall–Kier alpha value is -1.19. The van der Waals surface area contributed by atoms with Crippen LogP contribution in [-0.2, 0) is 19.1 Å². The number of hydrogen-bond acceptors (Lipinski definition) is 5. The maximum absolute atomic E-state index is 11.6. The highest BCUT2D eigenvalue weighted by Gasteiger charge is 2.22. The molecule has 0 unspecified atom stereocenters. The maximum atomic E-state index is 11.6. The van der Waals surface area contributed by atoms with Crippen molar-refractivity contribution in [3.63, 3.8) is 0 Å². The lowest BCUT2D eigenvalue weighted by molar-refractivity contribution is -0.148. The average Bonchev–Trinajstić information content (AvgIpc) is 2.23. The molecule has 0 radical (unpaired) electrons. The van der Waals surface area contributed by atoms with Gasteiger partial charge >= 0.3 is 5.97 Å². The molecule has 0 aliphatic carbocycles. The molecule has 0 rings (SSSR count). The average molecular weight is 243 g/mol. The van der Waals surface area contributed by atoms with Gasteiger partial charge in [0.2, 0.25) is 6.08 Å². The summed E-state index contributed by atoms with van der Waals surface area (Å²) in [7, 11) is 0. The molecule has 0 N–H and O–H groups in total. The molecule has 0 saturated carbocycles. The van der Waals surface area contributed by atoms with E-state index < -0.39 is 12.0 Å². The van der Waals surface area contributed by atoms with E-state index in [4.69, 9.17) is 9.47 Å². The van der Waals surface area contributed by atoms with Crippen LogP contribution in [0.3, 0.4) is 0 Å². The molecule has 0 aromatic heterocycles. The summed E-state index contributed by atoms with van der Waals surface area (Å²) >= 11 is 0. The van der Waals surface area contributed by atoms with Gasteiger partial charge in [-0.1, -0.05) is 13.3 Å². The monoisotopic (exact) mass is 243 g/mol. The smallest absolute Gasteiger partial charge is 0.334 e. The lowest BCUT2D eigenvalue weighted by Gasteiger charge is -2.21. The summed E-state index contributed by atoms with van der Waals surface area (Å²) in [6.07, 6.45) is 3.10. The molecule has 0 bridgehead atoms. The summed E-state index contributed by atoms with van der Waals surface area (Å²) in [5.74, 6) is -0.536. The third-order valence-corrected chi connectivity index (χ3v) is 1.90. The lowest BCUT2D eigenvalue weighted by Crippen LogP contribution is -2.31. The second kappa shape index (κ2) is 7.98. The minimum atomic E-state index is -0.913. The van der Waals surface area contributed by atoms with Gasteiger partial charge < -0.3 is 9.47 Å². The first-order chi connectivity index (χ1) is 7.90. The van der Waals surface area contributed by atoms with Crippen molar-refractivity contribution in [3.05, 3.63) is 0 Å². The van der Waals surface area contributed by atoms with Gasteiger partial charge in [-0.05, 0) is 27.2 Å². The minimum absolute atomic E-state index is 0.0314. The molecule has 0 fully saturated rings. The van der Waals surface area contributed by atoms with Crippen molar-refractivity contribution >= 4 is 12.0 Å². The molecule has 0 aromatic carbocycles. The van der Waals surface area contributed by atoms with E-state index in [9.17, 15) is 9.59 Å². The molecule has 1 atom stereocenters. The maximum Gasteiger partial charge on any atom is 0.334 e. The van der Waals surface area contributed by atoms with E-state index in [2.05, 4.69) is 4.99 Å². The molecular weight excluding hydrogens is 222 g/mol. The first-order valence-electron chi connectivity index (χ1n) is 5.78. The molecule has 0 aliphatic rings. The number of esters is 1. The zero-order valence-corrected chi connectivity index (χ0v) is 11.0. The Balaban J connectivity index is 4.22. The van der Waals surface area contributed by atoms with Crippen LogP contribution < -0.4 is 0 Å². The fraction of sp³-hybridized carbons (Fsp3) is 0.833. The van der Waals surface area contributed by atoms with Crippen LogP contribution in [0.5, 0.6) is 0 Å². The van der Waals surface area contributed by atoms with E-state index in [1.807, 2.05) is 27.7 Å². The van der Waals surface area contributed by atoms with Crippen molar-refractivity contribution in [2.75, 3.05) is 13.2 Å². The Kier molecular flexibility index (Phi) is 7.42. The normalized spacial score (nSPS) is 12.7. The Morgan fingerprint density at radius 2 is 2.06 bits per heavy atom. The minimum Gasteiger partial charge on any atom is -0.464 e. The molecule has 98 valence electrons. The van der Waals surface area contributed by atoms with E-state index in [1.54, 1.807) is 0 Å². The first-order valence-corrected chi connectivity index (χ1v) is 5.78. The topological polar surface area (TPSA) is 65.0 Å². The lowest BCUT2D eigenvalue weighted by atomic mass is 10.2. The van der Waals surface area contributed by atoms with Gasteiger partial charge in [0.25, 0.3) is 0 Å². The van der Waals surface area contributed by atoms with Crippen molar-refractivity contribution in [1.82, 2.24) is 0 Å². The summed E-state index contributed by atoms with van der Waals surface area (Å²) in [4.78, 5) is 25.2. The second-order valence-electron chi connectivity index (χ2n) is 4.68. The van der Waals surface area contributed by atoms with Crippen molar-refractivity contribution in [1.29, 1.82) is 0 Å². The molecule has 0 aliphatic heterocycles. The first kappa shape index (κ1) is 15.8. The van der Waals surface area contributed by atoms with Crippen LogP contribution in [-0.4, -0.2) is 36.9 Å². The molecule has 5 heteroatoms. The quantitative estimate of drug-likeness (QED) is 0.296. The van der Waals surface area contributed by atoms with E-state index in [-0.39, 0.29) is 12.2 Å². The number of aliphatic imine (C=N–C) groups is 1. The Bertz CT molecular complexity index is 277. The summed E-state index contributed by atoms with van der Waals surface area (Å²) < 4.78 is 10.4. The summed E-state index contributed by atoms with van der Waals surface area (Å²) in [6, 6.07) is -0.913. The predicted molar refractivity (Wildman–Crippen MR) is 63.5 cm³/mol. The van der Waals surface area contributed by atoms with E-state index >= 15 is 0 Å². The number of unbranched alkanes of at least 4 members (excludes halogenated alkanes) is 1. The summed E-state index contributed by atoms with van der Waals surface area (Å²) in [5.41, 5.74) is -0.389. The van der Waals surface area contributed by atoms with Gasteiger partial charge in [0.1, 0.15) is 0 Å². The van der Waals surface area contributed by atoms with Gasteiger partial charge in [0, 0.05) is 0 Å². The standard InChI is InChI=1S/C12H21NO4/c1-5-6-7-16-11(15)10(13-9-14)8-17-12(2,3)4/h10H,5-8H2,1-4H3/t10-/m0/s1. The summed E-state index contributed by atoms with van der Waals surface area (Å²) in [5, 5.41) is 0. The fourth-order valence-corrected chi connectivity index (χ4v) is 0.964. The number of carbonyl (C=O) groups excluding carboxylic acids is 2. The van der Waals surface area contributed by atoms with Crippen LogP contribution in [0.2, 0.25) is 0 Å². The van der Waals surface area contributed by atoms with Gasteiger partial charge in [0.05, 0.1) is 18.8 Å². The molecule has 17 heavy (non-hydrogen) atoms. The zero-order chi connectivity index (χ0) is 13.3. The second-order valence-corrected chi connectivity index (χ2v) is 4.68. The SMILES string of the molecule is CCCCOC(=O)[C@H](COC(C)(C)C)N=C=O. The number of hydrogen-bond donors (Lipinski definition) is 0. The number of isocyanates is 1. The van der Waals surface area contributed by atoms with Gasteiger partial charge in [-0.15, -0.1) is 0 Å². The van der Waals surface area contributed by atoms with Crippen LogP contribution in [0.1, 0.15) is 40.5 Å². The van der Waals surface area contributed by atoms with Crippen molar-refractivity contribution in [2.45, 2.75) is 52.2 Å². The molecule has 0 amide bonds. The van der Waals surface area contributed by atoms with E-state index in [1.165, 1.54) is 6.08 Å². The Labute approximate surface area is 102 Å². The van der Waals surface area contributed by atoms with Crippen molar-refractivity contribution < 1.29 is 19.1 Å².